The van der Waals surface area contributed by atoms with Crippen LogP contribution in [0.25, 0.3) is 0 Å². The van der Waals surface area contributed by atoms with Crippen molar-refractivity contribution in [3.63, 3.8) is 0 Å². The minimum absolute atomic E-state index is 0.258. The number of hydrogen-bond acceptors (Lipinski definition) is 3. The van der Waals surface area contributed by atoms with Crippen LogP contribution < -0.4 is 0 Å². The number of hydrogen-bond donors (Lipinski definition) is 1. The van der Waals surface area contributed by atoms with Crippen molar-refractivity contribution in [1.29, 1.82) is 0 Å². The molecule has 1 rings (SSSR count). The van der Waals surface area contributed by atoms with Crippen molar-refractivity contribution < 1.29 is 14.3 Å². The molecule has 0 amide bonds. The van der Waals surface area contributed by atoms with E-state index in [9.17, 15) is 4.79 Å². The Labute approximate surface area is 102 Å². The van der Waals surface area contributed by atoms with Crippen LogP contribution in [0.4, 0.5) is 0 Å². The molecule has 1 atom stereocenters. The molecule has 0 aliphatic carbocycles. The minimum Gasteiger partial charge on any atom is -0.478 e. The van der Waals surface area contributed by atoms with Gasteiger partial charge in [0.05, 0.1) is 12.8 Å². The van der Waals surface area contributed by atoms with Crippen molar-refractivity contribution in [2.75, 3.05) is 7.05 Å². The highest BCUT2D eigenvalue weighted by molar-refractivity contribution is 5.88. The van der Waals surface area contributed by atoms with E-state index in [1.165, 1.54) is 12.3 Å². The van der Waals surface area contributed by atoms with Crippen LogP contribution in [0.5, 0.6) is 0 Å². The molecule has 0 aromatic carbocycles. The van der Waals surface area contributed by atoms with Crippen LogP contribution in [0.1, 0.15) is 43.3 Å². The standard InChI is InChI=1S/C13H21NO3/c1-9(2)7-10(3)14(4)8-12-11(13(15)16)5-6-17-12/h5-6,9-10H,7-8H2,1-4H3,(H,15,16). The first-order valence-corrected chi connectivity index (χ1v) is 5.91. The average molecular weight is 239 g/mol. The van der Waals surface area contributed by atoms with Gasteiger partial charge in [-0.25, -0.2) is 4.79 Å². The molecule has 0 aliphatic heterocycles. The normalized spacial score (nSPS) is 13.3. The Balaban J connectivity index is 2.64. The molecule has 1 aromatic heterocycles. The first-order chi connectivity index (χ1) is 7.91. The van der Waals surface area contributed by atoms with Crippen molar-refractivity contribution in [3.05, 3.63) is 23.7 Å². The summed E-state index contributed by atoms with van der Waals surface area (Å²) in [6.45, 7) is 7.03. The highest BCUT2D eigenvalue weighted by Gasteiger charge is 2.18. The summed E-state index contributed by atoms with van der Waals surface area (Å²) in [5, 5.41) is 8.97. The first-order valence-electron chi connectivity index (χ1n) is 5.91. The molecule has 0 fully saturated rings. The van der Waals surface area contributed by atoms with Crippen LogP contribution in [-0.2, 0) is 6.54 Å². The van der Waals surface area contributed by atoms with Gasteiger partial charge in [0.1, 0.15) is 11.3 Å². The molecule has 0 radical (unpaired) electrons. The molecule has 0 bridgehead atoms. The molecule has 17 heavy (non-hydrogen) atoms. The van der Waals surface area contributed by atoms with Gasteiger partial charge in [-0.1, -0.05) is 13.8 Å². The summed E-state index contributed by atoms with van der Waals surface area (Å²) in [4.78, 5) is 13.0. The van der Waals surface area contributed by atoms with Crippen LogP contribution in [0.2, 0.25) is 0 Å². The van der Waals surface area contributed by atoms with E-state index >= 15 is 0 Å². The summed E-state index contributed by atoms with van der Waals surface area (Å²) in [5.41, 5.74) is 0.258. The van der Waals surface area contributed by atoms with Crippen LogP contribution in [0.15, 0.2) is 16.7 Å². The highest BCUT2D eigenvalue weighted by atomic mass is 16.4. The molecule has 1 N–H and O–H groups in total. The van der Waals surface area contributed by atoms with Gasteiger partial charge in [-0.3, -0.25) is 4.90 Å². The number of aromatic carboxylic acids is 1. The van der Waals surface area contributed by atoms with E-state index < -0.39 is 5.97 Å². The van der Waals surface area contributed by atoms with Crippen molar-refractivity contribution in [3.8, 4) is 0 Å². The first kappa shape index (κ1) is 13.8. The molecule has 0 saturated carbocycles. The lowest BCUT2D eigenvalue weighted by Gasteiger charge is -2.25. The smallest absolute Gasteiger partial charge is 0.339 e. The summed E-state index contributed by atoms with van der Waals surface area (Å²) >= 11 is 0. The Kier molecular flexibility index (Phi) is 4.75. The third-order valence-electron chi connectivity index (χ3n) is 2.93. The molecule has 0 spiro atoms. The van der Waals surface area contributed by atoms with Crippen molar-refractivity contribution >= 4 is 5.97 Å². The topological polar surface area (TPSA) is 53.7 Å². The summed E-state index contributed by atoms with van der Waals surface area (Å²) < 4.78 is 5.23. The molecular weight excluding hydrogens is 218 g/mol. The summed E-state index contributed by atoms with van der Waals surface area (Å²) in [6.07, 6.45) is 2.51. The summed E-state index contributed by atoms with van der Waals surface area (Å²) in [6, 6.07) is 1.90. The zero-order chi connectivity index (χ0) is 13.0. The number of nitrogens with zero attached hydrogens (tertiary/aromatic N) is 1. The summed E-state index contributed by atoms with van der Waals surface area (Å²) in [5.74, 6) is 0.220. The van der Waals surface area contributed by atoms with Crippen LogP contribution in [0, 0.1) is 5.92 Å². The maximum Gasteiger partial charge on any atom is 0.339 e. The van der Waals surface area contributed by atoms with Crippen LogP contribution in [-0.4, -0.2) is 29.1 Å². The van der Waals surface area contributed by atoms with Gasteiger partial charge in [0.15, 0.2) is 0 Å². The second-order valence-electron chi connectivity index (χ2n) is 4.96. The van der Waals surface area contributed by atoms with Crippen LogP contribution in [0.3, 0.4) is 0 Å². The van der Waals surface area contributed by atoms with E-state index in [2.05, 4.69) is 25.7 Å². The predicted molar refractivity (Wildman–Crippen MR) is 66.1 cm³/mol. The molecule has 4 heteroatoms. The zero-order valence-electron chi connectivity index (χ0n) is 10.9. The maximum atomic E-state index is 10.9. The van der Waals surface area contributed by atoms with Gasteiger partial charge in [0.2, 0.25) is 0 Å². The molecule has 1 aromatic rings. The number of carbonyl (C=O) groups is 1. The second-order valence-corrected chi connectivity index (χ2v) is 4.96. The Morgan fingerprint density at radius 2 is 2.12 bits per heavy atom. The van der Waals surface area contributed by atoms with E-state index in [0.29, 0.717) is 24.3 Å². The van der Waals surface area contributed by atoms with E-state index in [-0.39, 0.29) is 5.56 Å². The largest absolute Gasteiger partial charge is 0.478 e. The van der Waals surface area contributed by atoms with E-state index in [1.54, 1.807) is 0 Å². The fourth-order valence-electron chi connectivity index (χ4n) is 1.90. The number of furan rings is 1. The summed E-state index contributed by atoms with van der Waals surface area (Å²) in [7, 11) is 1.99. The average Bonchev–Trinajstić information content (AvgIpc) is 2.64. The number of carboxylic acid groups (broad SMARTS) is 1. The lowest BCUT2D eigenvalue weighted by molar-refractivity contribution is 0.0692. The lowest BCUT2D eigenvalue weighted by atomic mass is 10.0. The Bertz CT molecular complexity index is 370. The molecule has 4 nitrogen and oxygen atoms in total. The molecule has 1 unspecified atom stereocenters. The van der Waals surface area contributed by atoms with Gasteiger partial charge >= 0.3 is 5.97 Å². The SMILES string of the molecule is CC(C)CC(C)N(C)Cc1occc1C(=O)O. The van der Waals surface area contributed by atoms with Gasteiger partial charge in [-0.05, 0) is 32.4 Å². The molecule has 0 saturated heterocycles. The fourth-order valence-corrected chi connectivity index (χ4v) is 1.90. The van der Waals surface area contributed by atoms with Crippen molar-refractivity contribution in [2.24, 2.45) is 5.92 Å². The minimum atomic E-state index is -0.932. The second kappa shape index (κ2) is 5.87. The Morgan fingerprint density at radius 1 is 1.47 bits per heavy atom. The van der Waals surface area contributed by atoms with Gasteiger partial charge < -0.3 is 9.52 Å². The van der Waals surface area contributed by atoms with E-state index in [4.69, 9.17) is 9.52 Å². The third kappa shape index (κ3) is 3.89. The van der Waals surface area contributed by atoms with Gasteiger partial charge in [-0.2, -0.15) is 0 Å². The third-order valence-corrected chi connectivity index (χ3v) is 2.93. The van der Waals surface area contributed by atoms with Crippen molar-refractivity contribution in [1.82, 2.24) is 4.90 Å². The molecular formula is C13H21NO3. The molecule has 1 heterocycles. The van der Waals surface area contributed by atoms with Crippen molar-refractivity contribution in [2.45, 2.75) is 39.8 Å². The predicted octanol–water partition coefficient (Wildman–Crippen LogP) is 2.84. The van der Waals surface area contributed by atoms with Gasteiger partial charge in [-0.15, -0.1) is 0 Å². The Morgan fingerprint density at radius 3 is 2.65 bits per heavy atom. The van der Waals surface area contributed by atoms with Gasteiger partial charge in [0.25, 0.3) is 0 Å². The Hall–Kier alpha value is -1.29. The molecule has 0 aliphatic rings. The van der Waals surface area contributed by atoms with Gasteiger partial charge in [0, 0.05) is 6.04 Å². The monoisotopic (exact) mass is 239 g/mol. The molecule has 96 valence electrons. The van der Waals surface area contributed by atoms with E-state index in [0.717, 1.165) is 6.42 Å². The van der Waals surface area contributed by atoms with E-state index in [1.807, 2.05) is 7.05 Å². The van der Waals surface area contributed by atoms with Crippen LogP contribution >= 0.6 is 0 Å². The number of carboxylic acids is 1. The fraction of sp³-hybridized carbons (Fsp3) is 0.615. The lowest BCUT2D eigenvalue weighted by Crippen LogP contribution is -2.30. The maximum absolute atomic E-state index is 10.9. The number of rotatable bonds is 6. The highest BCUT2D eigenvalue weighted by Crippen LogP contribution is 2.16. The zero-order valence-corrected chi connectivity index (χ0v) is 10.9. The quantitative estimate of drug-likeness (QED) is 0.829.